The number of hydrogen-bond acceptors (Lipinski definition) is 6. The normalized spacial score (nSPS) is 10.4. The van der Waals surface area contributed by atoms with Crippen LogP contribution in [-0.2, 0) is 10.5 Å². The number of carbonyl (C=O) groups is 1. The van der Waals surface area contributed by atoms with Gasteiger partial charge in [-0.2, -0.15) is 0 Å². The highest BCUT2D eigenvalue weighted by Crippen LogP contribution is 2.28. The molecule has 0 unspecified atom stereocenters. The zero-order chi connectivity index (χ0) is 17.5. The van der Waals surface area contributed by atoms with Crippen molar-refractivity contribution in [3.05, 3.63) is 65.2 Å². The summed E-state index contributed by atoms with van der Waals surface area (Å²) < 4.78 is 6.18. The van der Waals surface area contributed by atoms with Crippen LogP contribution in [0.4, 0.5) is 5.13 Å². The van der Waals surface area contributed by atoms with Crippen LogP contribution in [0.25, 0.3) is 0 Å². The van der Waals surface area contributed by atoms with E-state index in [1.165, 1.54) is 11.3 Å². The smallest absolute Gasteiger partial charge is 0.264 e. The lowest BCUT2D eigenvalue weighted by Gasteiger charge is -2.04. The average Bonchev–Trinajstić information content (AvgIpc) is 3.08. The largest absolute Gasteiger partial charge is 0.484 e. The van der Waals surface area contributed by atoms with Crippen LogP contribution < -0.4 is 10.1 Å². The number of hydrogen-bond donors (Lipinski definition) is 1. The van der Waals surface area contributed by atoms with Crippen LogP contribution >= 0.6 is 34.7 Å². The molecule has 3 rings (SSSR count). The van der Waals surface area contributed by atoms with Crippen molar-refractivity contribution in [1.82, 2.24) is 10.2 Å². The van der Waals surface area contributed by atoms with Crippen molar-refractivity contribution in [1.29, 1.82) is 0 Å². The SMILES string of the molecule is O=C(COc1ccccc1)Nc1nnc(SCc2ccc(Cl)cc2)s1. The number of nitrogens with zero attached hydrogens (tertiary/aromatic N) is 2. The number of halogens is 1. The van der Waals surface area contributed by atoms with Gasteiger partial charge in [-0.15, -0.1) is 10.2 Å². The zero-order valence-corrected chi connectivity index (χ0v) is 15.4. The first kappa shape index (κ1) is 17.7. The summed E-state index contributed by atoms with van der Waals surface area (Å²) in [5.74, 6) is 1.14. The molecule has 0 atom stereocenters. The molecule has 1 N–H and O–H groups in total. The fourth-order valence-corrected chi connectivity index (χ4v) is 3.72. The third kappa shape index (κ3) is 5.74. The number of nitrogens with one attached hydrogen (secondary N) is 1. The number of amides is 1. The van der Waals surface area contributed by atoms with Gasteiger partial charge in [-0.1, -0.05) is 65.0 Å². The van der Waals surface area contributed by atoms with Crippen molar-refractivity contribution in [3.8, 4) is 5.75 Å². The lowest BCUT2D eigenvalue weighted by molar-refractivity contribution is -0.118. The van der Waals surface area contributed by atoms with Crippen LogP contribution in [-0.4, -0.2) is 22.7 Å². The van der Waals surface area contributed by atoms with Gasteiger partial charge >= 0.3 is 0 Å². The lowest BCUT2D eigenvalue weighted by atomic mass is 10.2. The molecule has 8 heteroatoms. The fourth-order valence-electron chi connectivity index (χ4n) is 1.87. The molecule has 0 radical (unpaired) electrons. The quantitative estimate of drug-likeness (QED) is 0.474. The Balaban J connectivity index is 1.46. The predicted octanol–water partition coefficient (Wildman–Crippen LogP) is 4.50. The highest BCUT2D eigenvalue weighted by atomic mass is 35.5. The van der Waals surface area contributed by atoms with Gasteiger partial charge in [0.1, 0.15) is 5.75 Å². The van der Waals surface area contributed by atoms with E-state index in [2.05, 4.69) is 15.5 Å². The second kappa shape index (κ2) is 8.84. The third-order valence-electron chi connectivity index (χ3n) is 3.04. The van der Waals surface area contributed by atoms with E-state index in [0.717, 1.165) is 15.7 Å². The summed E-state index contributed by atoms with van der Waals surface area (Å²) in [6.07, 6.45) is 0. The highest BCUT2D eigenvalue weighted by Gasteiger charge is 2.09. The summed E-state index contributed by atoms with van der Waals surface area (Å²) in [5, 5.41) is 11.9. The lowest BCUT2D eigenvalue weighted by Crippen LogP contribution is -2.20. The minimum Gasteiger partial charge on any atom is -0.484 e. The first-order valence-electron chi connectivity index (χ1n) is 7.37. The number of anilines is 1. The van der Waals surface area contributed by atoms with E-state index in [4.69, 9.17) is 16.3 Å². The number of benzene rings is 2. The Kier molecular flexibility index (Phi) is 6.27. The van der Waals surface area contributed by atoms with Gasteiger partial charge in [-0.05, 0) is 29.8 Å². The molecule has 0 fully saturated rings. The molecular weight excluding hydrogens is 378 g/mol. The molecule has 0 bridgehead atoms. The summed E-state index contributed by atoms with van der Waals surface area (Å²) in [7, 11) is 0. The molecule has 5 nitrogen and oxygen atoms in total. The topological polar surface area (TPSA) is 64.1 Å². The molecule has 0 aliphatic heterocycles. The summed E-state index contributed by atoms with van der Waals surface area (Å²) in [4.78, 5) is 11.9. The number of carbonyl (C=O) groups excluding carboxylic acids is 1. The summed E-state index contributed by atoms with van der Waals surface area (Å²) >= 11 is 8.76. The predicted molar refractivity (Wildman–Crippen MR) is 101 cm³/mol. The molecule has 0 aliphatic carbocycles. The molecule has 25 heavy (non-hydrogen) atoms. The fraction of sp³-hybridized carbons (Fsp3) is 0.118. The second-order valence-corrected chi connectivity index (χ2v) is 7.57. The monoisotopic (exact) mass is 391 g/mol. The van der Waals surface area contributed by atoms with E-state index in [-0.39, 0.29) is 12.5 Å². The van der Waals surface area contributed by atoms with Gasteiger partial charge in [0.05, 0.1) is 0 Å². The number of aromatic nitrogens is 2. The van der Waals surface area contributed by atoms with E-state index in [1.54, 1.807) is 23.9 Å². The van der Waals surface area contributed by atoms with Crippen LogP contribution in [0.5, 0.6) is 5.75 Å². The van der Waals surface area contributed by atoms with Gasteiger partial charge in [0.25, 0.3) is 5.91 Å². The van der Waals surface area contributed by atoms with E-state index >= 15 is 0 Å². The molecule has 0 saturated carbocycles. The Labute approximate surface area is 158 Å². The molecular formula is C17H14ClN3O2S2. The zero-order valence-electron chi connectivity index (χ0n) is 13.0. The van der Waals surface area contributed by atoms with E-state index in [0.29, 0.717) is 15.9 Å². The van der Waals surface area contributed by atoms with Crippen molar-refractivity contribution >= 4 is 45.7 Å². The van der Waals surface area contributed by atoms with Gasteiger partial charge < -0.3 is 4.74 Å². The molecule has 1 amide bonds. The van der Waals surface area contributed by atoms with Crippen LogP contribution in [0.2, 0.25) is 5.02 Å². The summed E-state index contributed by atoms with van der Waals surface area (Å²) in [6.45, 7) is -0.0726. The Morgan fingerprint density at radius 1 is 1.12 bits per heavy atom. The van der Waals surface area contributed by atoms with Crippen LogP contribution in [0.15, 0.2) is 58.9 Å². The Morgan fingerprint density at radius 2 is 1.88 bits per heavy atom. The molecule has 0 aliphatic rings. The number of thioether (sulfide) groups is 1. The van der Waals surface area contributed by atoms with E-state index < -0.39 is 0 Å². The highest BCUT2D eigenvalue weighted by molar-refractivity contribution is 8.00. The van der Waals surface area contributed by atoms with Crippen LogP contribution in [0.1, 0.15) is 5.56 Å². The molecule has 1 aromatic heterocycles. The maximum atomic E-state index is 11.9. The number of rotatable bonds is 7. The van der Waals surface area contributed by atoms with Crippen LogP contribution in [0, 0.1) is 0 Å². The first-order chi connectivity index (χ1) is 12.2. The van der Waals surface area contributed by atoms with Gasteiger partial charge in [-0.25, -0.2) is 0 Å². The van der Waals surface area contributed by atoms with Crippen molar-refractivity contribution in [3.63, 3.8) is 0 Å². The van der Waals surface area contributed by atoms with Crippen molar-refractivity contribution in [2.75, 3.05) is 11.9 Å². The van der Waals surface area contributed by atoms with Crippen molar-refractivity contribution in [2.45, 2.75) is 10.1 Å². The molecule has 1 heterocycles. The minimum absolute atomic E-state index is 0.0726. The number of ether oxygens (including phenoxy) is 1. The minimum atomic E-state index is -0.269. The molecule has 2 aromatic carbocycles. The Bertz CT molecular complexity index is 825. The maximum Gasteiger partial charge on any atom is 0.264 e. The van der Waals surface area contributed by atoms with Gasteiger partial charge in [0.2, 0.25) is 5.13 Å². The summed E-state index contributed by atoms with van der Waals surface area (Å²) in [6, 6.07) is 16.8. The first-order valence-corrected chi connectivity index (χ1v) is 9.55. The van der Waals surface area contributed by atoms with Crippen molar-refractivity contribution < 1.29 is 9.53 Å². The molecule has 0 saturated heterocycles. The van der Waals surface area contributed by atoms with Gasteiger partial charge in [-0.3, -0.25) is 10.1 Å². The second-order valence-electron chi connectivity index (χ2n) is 4.94. The Morgan fingerprint density at radius 3 is 2.64 bits per heavy atom. The molecule has 0 spiro atoms. The van der Waals surface area contributed by atoms with Crippen LogP contribution in [0.3, 0.4) is 0 Å². The van der Waals surface area contributed by atoms with Crippen molar-refractivity contribution in [2.24, 2.45) is 0 Å². The number of para-hydroxylation sites is 1. The van der Waals surface area contributed by atoms with Gasteiger partial charge in [0, 0.05) is 10.8 Å². The van der Waals surface area contributed by atoms with E-state index in [9.17, 15) is 4.79 Å². The Hall–Kier alpha value is -2.09. The standard InChI is InChI=1S/C17H14ClN3O2S2/c18-13-8-6-12(7-9-13)11-24-17-21-20-16(25-17)19-15(22)10-23-14-4-2-1-3-5-14/h1-9H,10-11H2,(H,19,20,22). The summed E-state index contributed by atoms with van der Waals surface area (Å²) in [5.41, 5.74) is 1.14. The van der Waals surface area contributed by atoms with Gasteiger partial charge in [0.15, 0.2) is 10.9 Å². The third-order valence-corrected chi connectivity index (χ3v) is 5.34. The molecule has 128 valence electrons. The average molecular weight is 392 g/mol. The molecule has 3 aromatic rings. The maximum absolute atomic E-state index is 11.9. The van der Waals surface area contributed by atoms with E-state index in [1.807, 2.05) is 42.5 Å².